The zero-order valence-corrected chi connectivity index (χ0v) is 18.2. The first-order valence-electron chi connectivity index (χ1n) is 10.1. The fourth-order valence-corrected chi connectivity index (χ4v) is 2.72. The lowest BCUT2D eigenvalue weighted by atomic mass is 10.1. The lowest BCUT2D eigenvalue weighted by Crippen LogP contribution is -1.93. The molecule has 6 heteroatoms. The number of nitrogens with zero attached hydrogens (tertiary/aromatic N) is 2. The maximum atomic E-state index is 10.6. The average Bonchev–Trinajstić information content (AvgIpc) is 2.91. The number of aliphatic hydroxyl groups excluding tert-OH is 1. The zero-order chi connectivity index (χ0) is 24.6. The van der Waals surface area contributed by atoms with Gasteiger partial charge in [0.25, 0.3) is 0 Å². The van der Waals surface area contributed by atoms with Crippen LogP contribution in [0.15, 0.2) is 109 Å². The van der Waals surface area contributed by atoms with Crippen LogP contribution in [0.5, 0.6) is 23.0 Å². The van der Waals surface area contributed by atoms with Gasteiger partial charge in [-0.1, -0.05) is 60.7 Å². The average molecular weight is 450 g/mol. The van der Waals surface area contributed by atoms with Crippen molar-refractivity contribution < 1.29 is 19.4 Å². The van der Waals surface area contributed by atoms with Crippen molar-refractivity contribution >= 4 is 6.29 Å². The third-order valence-corrected chi connectivity index (χ3v) is 4.25. The number of carbonyl (C=O) groups is 1. The van der Waals surface area contributed by atoms with Gasteiger partial charge in [-0.15, -0.1) is 0 Å². The van der Waals surface area contributed by atoms with E-state index in [0.717, 1.165) is 17.8 Å². The Kier molecular flexibility index (Phi) is 10.6. The van der Waals surface area contributed by atoms with E-state index in [1.165, 1.54) is 0 Å². The molecule has 1 N–H and O–H groups in total. The minimum atomic E-state index is -1.12. The van der Waals surface area contributed by atoms with Crippen LogP contribution in [0.3, 0.4) is 0 Å². The van der Waals surface area contributed by atoms with Gasteiger partial charge in [0.1, 0.15) is 29.3 Å². The van der Waals surface area contributed by atoms with Crippen molar-refractivity contribution in [2.75, 3.05) is 0 Å². The molecule has 168 valence electrons. The van der Waals surface area contributed by atoms with E-state index in [4.69, 9.17) is 20.0 Å². The van der Waals surface area contributed by atoms with Crippen LogP contribution in [-0.2, 0) is 0 Å². The summed E-state index contributed by atoms with van der Waals surface area (Å²) in [6.07, 6.45) is -0.313. The Morgan fingerprint density at radius 2 is 1.18 bits per heavy atom. The molecule has 0 saturated carbocycles. The molecule has 0 fully saturated rings. The van der Waals surface area contributed by atoms with Crippen molar-refractivity contribution in [3.05, 3.63) is 120 Å². The third-order valence-electron chi connectivity index (χ3n) is 4.25. The topological polar surface area (TPSA) is 103 Å². The van der Waals surface area contributed by atoms with Gasteiger partial charge in [0.2, 0.25) is 0 Å². The van der Waals surface area contributed by atoms with Gasteiger partial charge in [0.05, 0.1) is 6.07 Å². The molecule has 0 spiro atoms. The first-order valence-corrected chi connectivity index (χ1v) is 10.1. The van der Waals surface area contributed by atoms with E-state index in [9.17, 15) is 9.90 Å². The number of aldehydes is 1. The summed E-state index contributed by atoms with van der Waals surface area (Å²) in [6, 6.07) is 34.5. The van der Waals surface area contributed by atoms with Crippen molar-refractivity contribution in [3.8, 4) is 35.6 Å². The molecule has 0 amide bonds. The first kappa shape index (κ1) is 25.4. The minimum absolute atomic E-state index is 0.529. The van der Waals surface area contributed by atoms with E-state index < -0.39 is 6.10 Å². The fraction of sp³-hybridized carbons (Fsp3) is 0.0357. The number of hydrogen-bond acceptors (Lipinski definition) is 6. The van der Waals surface area contributed by atoms with Crippen LogP contribution in [0.2, 0.25) is 0 Å². The SMILES string of the molecule is C#N.N#C[C@H](O)c1cccc(Oc2ccccc2)c1.O=Cc1cccc(Oc2ccccc2)c1. The Hall–Kier alpha value is -4.91. The van der Waals surface area contributed by atoms with Gasteiger partial charge in [-0.25, -0.2) is 5.26 Å². The molecule has 4 aromatic carbocycles. The van der Waals surface area contributed by atoms with Gasteiger partial charge in [-0.2, -0.15) is 5.26 Å². The predicted octanol–water partition coefficient (Wildman–Crippen LogP) is 6.47. The second-order valence-corrected chi connectivity index (χ2v) is 6.62. The Morgan fingerprint density at radius 3 is 1.68 bits per heavy atom. The maximum absolute atomic E-state index is 10.6. The Bertz CT molecular complexity index is 1220. The summed E-state index contributed by atoms with van der Waals surface area (Å²) in [5.74, 6) is 2.76. The quantitative estimate of drug-likeness (QED) is 0.267. The molecule has 0 bridgehead atoms. The maximum Gasteiger partial charge on any atom is 0.166 e. The first-order chi connectivity index (χ1) is 16.7. The zero-order valence-electron chi connectivity index (χ0n) is 18.2. The molecule has 0 saturated heterocycles. The van der Waals surface area contributed by atoms with E-state index >= 15 is 0 Å². The third kappa shape index (κ3) is 8.32. The molecule has 0 heterocycles. The molecule has 0 aliphatic rings. The molecular weight excluding hydrogens is 428 g/mol. The molecule has 0 aliphatic heterocycles. The Morgan fingerprint density at radius 1 is 0.706 bits per heavy atom. The normalized spacial score (nSPS) is 10.1. The van der Waals surface area contributed by atoms with Gasteiger partial charge in [0.15, 0.2) is 6.10 Å². The van der Waals surface area contributed by atoms with Gasteiger partial charge >= 0.3 is 0 Å². The molecular formula is C28H22N2O4. The van der Waals surface area contributed by atoms with Gasteiger partial charge in [-0.3, -0.25) is 4.79 Å². The van der Waals surface area contributed by atoms with E-state index in [-0.39, 0.29) is 0 Å². The summed E-state index contributed by atoms with van der Waals surface area (Å²) in [5.41, 5.74) is 1.14. The van der Waals surface area contributed by atoms with Crippen molar-refractivity contribution in [3.63, 3.8) is 0 Å². The van der Waals surface area contributed by atoms with E-state index in [2.05, 4.69) is 6.57 Å². The number of para-hydroxylation sites is 2. The van der Waals surface area contributed by atoms with Crippen molar-refractivity contribution in [2.24, 2.45) is 0 Å². The number of nitriles is 2. The fourth-order valence-electron chi connectivity index (χ4n) is 2.72. The predicted molar refractivity (Wildman–Crippen MR) is 129 cm³/mol. The number of benzene rings is 4. The smallest absolute Gasteiger partial charge is 0.166 e. The highest BCUT2D eigenvalue weighted by Crippen LogP contribution is 2.24. The summed E-state index contributed by atoms with van der Waals surface area (Å²) in [7, 11) is 0. The van der Waals surface area contributed by atoms with Gasteiger partial charge < -0.3 is 14.6 Å². The molecule has 4 rings (SSSR count). The standard InChI is InChI=1S/C14H11NO2.C13H10O2.CHN/c15-10-14(16)11-5-4-8-13(9-11)17-12-6-2-1-3-7-12;14-10-11-5-4-8-13(9-11)15-12-6-2-1-3-7-12;1-2/h1-9,14,16H;1-10H;1H/t14-;;/m0../s1. The van der Waals surface area contributed by atoms with Crippen LogP contribution in [0.1, 0.15) is 22.0 Å². The second-order valence-electron chi connectivity index (χ2n) is 6.62. The lowest BCUT2D eigenvalue weighted by Gasteiger charge is -2.07. The number of rotatable bonds is 6. The van der Waals surface area contributed by atoms with Gasteiger partial charge in [-0.05, 0) is 54.1 Å². The van der Waals surface area contributed by atoms with Crippen LogP contribution < -0.4 is 9.47 Å². The van der Waals surface area contributed by atoms with Crippen LogP contribution in [0.25, 0.3) is 0 Å². The molecule has 1 atom stereocenters. The molecule has 6 nitrogen and oxygen atoms in total. The number of carbonyl (C=O) groups excluding carboxylic acids is 1. The van der Waals surface area contributed by atoms with Crippen molar-refractivity contribution in [2.45, 2.75) is 6.10 Å². The summed E-state index contributed by atoms with van der Waals surface area (Å²) in [4.78, 5) is 10.6. The van der Waals surface area contributed by atoms with Crippen LogP contribution in [0.4, 0.5) is 0 Å². The molecule has 0 unspecified atom stereocenters. The van der Waals surface area contributed by atoms with Crippen LogP contribution >= 0.6 is 0 Å². The van der Waals surface area contributed by atoms with Crippen molar-refractivity contribution in [1.29, 1.82) is 10.5 Å². The van der Waals surface area contributed by atoms with Gasteiger partial charge in [0, 0.05) is 12.1 Å². The van der Waals surface area contributed by atoms with Crippen molar-refractivity contribution in [1.82, 2.24) is 0 Å². The van der Waals surface area contributed by atoms with E-state index in [0.29, 0.717) is 22.6 Å². The highest BCUT2D eigenvalue weighted by atomic mass is 16.5. The van der Waals surface area contributed by atoms with E-state index in [1.807, 2.05) is 66.7 Å². The summed E-state index contributed by atoms with van der Waals surface area (Å²) >= 11 is 0. The molecule has 0 radical (unpaired) electrons. The van der Waals surface area contributed by atoms with E-state index in [1.54, 1.807) is 48.5 Å². The second kappa shape index (κ2) is 14.2. The molecule has 0 aromatic heterocycles. The highest BCUT2D eigenvalue weighted by molar-refractivity contribution is 5.75. The number of aliphatic hydroxyl groups is 1. The van der Waals surface area contributed by atoms with Crippen LogP contribution in [0, 0.1) is 23.2 Å². The Labute approximate surface area is 198 Å². The lowest BCUT2D eigenvalue weighted by molar-refractivity contribution is 0.112. The van der Waals surface area contributed by atoms with Crippen LogP contribution in [-0.4, -0.2) is 11.4 Å². The molecule has 4 aromatic rings. The highest BCUT2D eigenvalue weighted by Gasteiger charge is 2.06. The monoisotopic (exact) mass is 450 g/mol. The largest absolute Gasteiger partial charge is 0.457 e. The molecule has 34 heavy (non-hydrogen) atoms. The number of hydrogen-bond donors (Lipinski definition) is 1. The Balaban J connectivity index is 0.000000225. The molecule has 0 aliphatic carbocycles. The minimum Gasteiger partial charge on any atom is -0.457 e. The summed E-state index contributed by atoms with van der Waals surface area (Å²) in [6.45, 7) is 3.50. The number of ether oxygens (including phenoxy) is 2. The summed E-state index contributed by atoms with van der Waals surface area (Å²) < 4.78 is 11.2. The summed E-state index contributed by atoms with van der Waals surface area (Å²) in [5, 5.41) is 24.5.